The number of carbonyl (C=O) groups excluding carboxylic acids is 3. The number of anilines is 1. The predicted octanol–water partition coefficient (Wildman–Crippen LogP) is 6.34. The Morgan fingerprint density at radius 1 is 0.845 bits per heavy atom. The third kappa shape index (κ3) is 24.2. The van der Waals surface area contributed by atoms with Crippen molar-refractivity contribution in [2.24, 2.45) is 11.3 Å². The summed E-state index contributed by atoms with van der Waals surface area (Å²) in [6.45, 7) is 5.20. The first kappa shape index (κ1) is 62.9. The lowest BCUT2D eigenvalue weighted by Crippen LogP contribution is -2.46. The van der Waals surface area contributed by atoms with Gasteiger partial charge in [0.1, 0.15) is 36.3 Å². The Bertz CT molecular complexity index is 2080. The maximum absolute atomic E-state index is 12.8. The Hall–Kier alpha value is -2.44. The van der Waals surface area contributed by atoms with Crippen LogP contribution in [0.5, 0.6) is 0 Å². The molecule has 2 aromatic heterocycles. The molecule has 3 rings (SSSR count). The van der Waals surface area contributed by atoms with Crippen LogP contribution in [0.4, 0.5) is 5.82 Å². The highest BCUT2D eigenvalue weighted by atomic mass is 32.2. The van der Waals surface area contributed by atoms with Crippen LogP contribution in [0.2, 0.25) is 0 Å². The normalized spacial score (nSPS) is 20.1. The topological polar surface area (TPSA) is 364 Å². The van der Waals surface area contributed by atoms with E-state index in [4.69, 9.17) is 19.5 Å². The fraction of sp³-hybridized carbons (Fsp3) is 0.814. The molecule has 1 fully saturated rings. The quantitative estimate of drug-likeness (QED) is 0.0261. The number of phosphoric ester groups is 3. The first-order chi connectivity index (χ1) is 33.4. The number of nitrogens with two attached hydrogens (primary N) is 1. The SMILES string of the molecule is CCCCCCCCCCCCC(C)CCCCCCCC(=O)SCCNC(=O)CCNC(=O)C(O)C(C)(C)COP(=O)(O)OP(=O)(O)OCC1OC(n2cnc3c(N)ncnc32)C(O)C1OP(=O)(O)O. The Morgan fingerprint density at radius 3 is 2.06 bits per heavy atom. The highest BCUT2D eigenvalue weighted by molar-refractivity contribution is 8.13. The number of phosphoric acid groups is 3. The minimum absolute atomic E-state index is 0.0342. The van der Waals surface area contributed by atoms with E-state index >= 15 is 0 Å². The lowest BCUT2D eigenvalue weighted by Gasteiger charge is -2.30. The lowest BCUT2D eigenvalue weighted by atomic mass is 9.87. The number of hydrogen-bond donors (Lipinski definition) is 9. The van der Waals surface area contributed by atoms with E-state index in [0.29, 0.717) is 12.2 Å². The monoisotopic (exact) mass is 1090 g/mol. The first-order valence-electron chi connectivity index (χ1n) is 24.5. The second-order valence-electron chi connectivity index (χ2n) is 18.7. The third-order valence-corrected chi connectivity index (χ3v) is 15.9. The lowest BCUT2D eigenvalue weighted by molar-refractivity contribution is -0.137. The Kier molecular flexibility index (Phi) is 27.8. The van der Waals surface area contributed by atoms with Gasteiger partial charge in [0.25, 0.3) is 0 Å². The summed E-state index contributed by atoms with van der Waals surface area (Å²) in [6.07, 6.45) is 15.2. The minimum atomic E-state index is -5.58. The average molecular weight is 1090 g/mol. The number of thioether (sulfide) groups is 1. The van der Waals surface area contributed by atoms with Crippen LogP contribution in [0.3, 0.4) is 0 Å². The second kappa shape index (κ2) is 31.4. The summed E-state index contributed by atoms with van der Waals surface area (Å²) in [5, 5.41) is 26.7. The van der Waals surface area contributed by atoms with Gasteiger partial charge in [0.2, 0.25) is 11.8 Å². The highest BCUT2D eigenvalue weighted by Gasteiger charge is 2.50. The number of nitrogens with one attached hydrogen (secondary N) is 2. The number of unbranched alkanes of at least 4 members (excludes halogenated alkanes) is 13. The number of nitrogens with zero attached hydrogens (tertiary/aromatic N) is 4. The van der Waals surface area contributed by atoms with Crippen LogP contribution in [-0.2, 0) is 50.7 Å². The van der Waals surface area contributed by atoms with Gasteiger partial charge in [-0.25, -0.2) is 28.6 Å². The molecule has 8 atom stereocenters. The van der Waals surface area contributed by atoms with E-state index in [9.17, 15) is 57.9 Å². The van der Waals surface area contributed by atoms with Crippen molar-refractivity contribution in [1.29, 1.82) is 0 Å². The Balaban J connectivity index is 1.26. The molecule has 0 aliphatic carbocycles. The van der Waals surface area contributed by atoms with Crippen molar-refractivity contribution < 1.29 is 80.5 Å². The van der Waals surface area contributed by atoms with Crippen molar-refractivity contribution in [1.82, 2.24) is 30.2 Å². The summed E-state index contributed by atoms with van der Waals surface area (Å²) in [7, 11) is -16.4. The van der Waals surface area contributed by atoms with E-state index in [0.717, 1.165) is 54.2 Å². The zero-order valence-corrected chi connectivity index (χ0v) is 44.9. The maximum atomic E-state index is 12.8. The zero-order valence-electron chi connectivity index (χ0n) is 41.4. The van der Waals surface area contributed by atoms with E-state index in [1.807, 2.05) is 0 Å². The van der Waals surface area contributed by atoms with Crippen molar-refractivity contribution >= 4 is 69.1 Å². The molecular formula is C43H78N7O17P3S. The number of nitrogen functional groups attached to an aromatic ring is 1. The van der Waals surface area contributed by atoms with Crippen LogP contribution < -0.4 is 16.4 Å². The number of rotatable bonds is 38. The molecule has 71 heavy (non-hydrogen) atoms. The summed E-state index contributed by atoms with van der Waals surface area (Å²) in [5.41, 5.74) is 4.29. The number of aromatic nitrogens is 4. The molecule has 3 heterocycles. The second-order valence-corrected chi connectivity index (χ2v) is 24.1. The van der Waals surface area contributed by atoms with Crippen molar-refractivity contribution in [3.63, 3.8) is 0 Å². The molecule has 0 spiro atoms. The number of aliphatic hydroxyl groups excluding tert-OH is 2. The largest absolute Gasteiger partial charge is 0.481 e. The summed E-state index contributed by atoms with van der Waals surface area (Å²) >= 11 is 1.16. The maximum Gasteiger partial charge on any atom is 0.481 e. The van der Waals surface area contributed by atoms with Crippen LogP contribution in [0.25, 0.3) is 11.2 Å². The molecule has 408 valence electrons. The number of fused-ring (bicyclic) bond motifs is 1. The number of carbonyl (C=O) groups is 3. The molecule has 1 aliphatic heterocycles. The number of aliphatic hydroxyl groups is 2. The highest BCUT2D eigenvalue weighted by Crippen LogP contribution is 2.61. The van der Waals surface area contributed by atoms with Crippen molar-refractivity contribution in [3.8, 4) is 0 Å². The minimum Gasteiger partial charge on any atom is -0.386 e. The van der Waals surface area contributed by atoms with Crippen molar-refractivity contribution in [2.75, 3.05) is 37.8 Å². The molecule has 0 radical (unpaired) electrons. The van der Waals surface area contributed by atoms with E-state index in [1.165, 1.54) is 104 Å². The molecule has 8 unspecified atom stereocenters. The first-order valence-corrected chi connectivity index (χ1v) is 30.0. The van der Waals surface area contributed by atoms with Crippen molar-refractivity contribution in [2.45, 2.75) is 180 Å². The van der Waals surface area contributed by atoms with Gasteiger partial charge in [-0.1, -0.05) is 142 Å². The van der Waals surface area contributed by atoms with Gasteiger partial charge in [0.05, 0.1) is 19.5 Å². The molecule has 1 saturated heterocycles. The van der Waals surface area contributed by atoms with Gasteiger partial charge in [-0.15, -0.1) is 0 Å². The number of ether oxygens (including phenoxy) is 1. The standard InChI is InChI=1S/C43H78N7O17P3S/c1-5-6-7-8-9-10-11-12-14-17-20-31(2)21-18-15-13-16-19-22-34(52)71-26-25-45-33(51)23-24-46-41(55)38(54)43(3,4)28-64-70(61,62)67-69(59,60)63-27-32-37(66-68(56,57)58)36(53)42(65-32)50-30-49-35-39(44)47-29-48-40(35)50/h29-32,36-38,42,53-54H,5-28H2,1-4H3,(H,45,51)(H,46,55)(H,59,60)(H,61,62)(H2,44,47,48)(H2,56,57,58). The molecule has 0 bridgehead atoms. The van der Waals surface area contributed by atoms with Crippen LogP contribution >= 0.6 is 35.2 Å². The molecule has 2 amide bonds. The number of imidazole rings is 1. The molecule has 24 nitrogen and oxygen atoms in total. The smallest absolute Gasteiger partial charge is 0.386 e. The van der Waals surface area contributed by atoms with E-state index in [-0.39, 0.29) is 41.6 Å². The fourth-order valence-electron chi connectivity index (χ4n) is 7.78. The third-order valence-electron chi connectivity index (χ3n) is 11.9. The summed E-state index contributed by atoms with van der Waals surface area (Å²) < 4.78 is 62.5. The average Bonchev–Trinajstić information content (AvgIpc) is 3.86. The summed E-state index contributed by atoms with van der Waals surface area (Å²) in [5.74, 6) is -0.252. The summed E-state index contributed by atoms with van der Waals surface area (Å²) in [6, 6.07) is 0. The van der Waals surface area contributed by atoms with E-state index < -0.39 is 84.6 Å². The zero-order chi connectivity index (χ0) is 52.7. The van der Waals surface area contributed by atoms with Gasteiger partial charge in [-0.2, -0.15) is 4.31 Å². The van der Waals surface area contributed by atoms with Crippen LogP contribution in [0, 0.1) is 11.3 Å². The van der Waals surface area contributed by atoms with Gasteiger partial charge in [-0.05, 0) is 12.3 Å². The Labute approximate surface area is 420 Å². The van der Waals surface area contributed by atoms with E-state index in [2.05, 4.69) is 48.3 Å². The van der Waals surface area contributed by atoms with E-state index in [1.54, 1.807) is 0 Å². The molecule has 28 heteroatoms. The molecule has 0 aromatic carbocycles. The number of amides is 2. The van der Waals surface area contributed by atoms with Gasteiger partial charge in [0, 0.05) is 37.1 Å². The van der Waals surface area contributed by atoms with Crippen LogP contribution in [0.15, 0.2) is 12.7 Å². The van der Waals surface area contributed by atoms with Crippen molar-refractivity contribution in [3.05, 3.63) is 12.7 Å². The predicted molar refractivity (Wildman–Crippen MR) is 265 cm³/mol. The van der Waals surface area contributed by atoms with Crippen LogP contribution in [0.1, 0.15) is 156 Å². The fourth-order valence-corrected chi connectivity index (χ4v) is 11.3. The molecule has 0 saturated carbocycles. The molecular weight excluding hydrogens is 1010 g/mol. The van der Waals surface area contributed by atoms with Gasteiger partial charge >= 0.3 is 23.5 Å². The summed E-state index contributed by atoms with van der Waals surface area (Å²) in [4.78, 5) is 88.6. The van der Waals surface area contributed by atoms with Gasteiger partial charge < -0.3 is 50.9 Å². The van der Waals surface area contributed by atoms with Gasteiger partial charge in [0.15, 0.2) is 22.8 Å². The Morgan fingerprint density at radius 2 is 1.44 bits per heavy atom. The molecule has 10 N–H and O–H groups in total. The van der Waals surface area contributed by atoms with Gasteiger partial charge in [-0.3, -0.25) is 32.5 Å². The molecule has 2 aromatic rings. The number of hydrogen-bond acceptors (Lipinski definition) is 18. The molecule has 1 aliphatic rings. The van der Waals surface area contributed by atoms with Crippen LogP contribution in [-0.4, -0.2) is 123 Å².